The van der Waals surface area contributed by atoms with Crippen molar-refractivity contribution >= 4 is 11.6 Å². The Morgan fingerprint density at radius 1 is 0.767 bits per heavy atom. The van der Waals surface area contributed by atoms with Crippen LogP contribution in [0.25, 0.3) is 0 Å². The summed E-state index contributed by atoms with van der Waals surface area (Å²) in [6, 6.07) is 7.55. The van der Waals surface area contributed by atoms with Gasteiger partial charge in [0.2, 0.25) is 5.75 Å². The molecule has 0 unspecified atom stereocenters. The van der Waals surface area contributed by atoms with Crippen LogP contribution in [0.5, 0.6) is 28.7 Å². The summed E-state index contributed by atoms with van der Waals surface area (Å²) in [5, 5.41) is 4.01. The van der Waals surface area contributed by atoms with E-state index in [2.05, 4.69) is 12.2 Å². The quantitative estimate of drug-likeness (QED) is 0.433. The molecule has 0 spiro atoms. The molecule has 0 fully saturated rings. The van der Waals surface area contributed by atoms with Gasteiger partial charge in [0.15, 0.2) is 23.0 Å². The van der Waals surface area contributed by atoms with E-state index >= 15 is 0 Å². The number of methoxy groups -OCH3 is 4. The molecule has 7 heteroatoms. The van der Waals surface area contributed by atoms with E-state index in [0.717, 1.165) is 30.4 Å². The van der Waals surface area contributed by atoms with Crippen LogP contribution in [0.15, 0.2) is 24.3 Å². The standard InChI is InChI=1S/C23H32ClNO5/c1-6-7-8-9-30-23-21(28-4)10-16(11-22(23)29-5)14-25-15-17-12-19(26-2)20(27-3)13-18(17)24/h10-13,25H,6-9,14-15H2,1-5H3. The van der Waals surface area contributed by atoms with Crippen molar-refractivity contribution in [2.75, 3.05) is 35.0 Å². The van der Waals surface area contributed by atoms with Crippen LogP contribution in [-0.2, 0) is 13.1 Å². The number of ether oxygens (including phenoxy) is 5. The highest BCUT2D eigenvalue weighted by molar-refractivity contribution is 6.31. The van der Waals surface area contributed by atoms with Gasteiger partial charge in [-0.15, -0.1) is 0 Å². The van der Waals surface area contributed by atoms with Gasteiger partial charge in [0, 0.05) is 24.2 Å². The van der Waals surface area contributed by atoms with E-state index in [1.54, 1.807) is 34.5 Å². The Bertz CT molecular complexity index is 787. The first-order chi connectivity index (χ1) is 14.6. The van der Waals surface area contributed by atoms with E-state index in [9.17, 15) is 0 Å². The lowest BCUT2D eigenvalue weighted by Crippen LogP contribution is -2.14. The minimum atomic E-state index is 0.569. The molecule has 0 heterocycles. The van der Waals surface area contributed by atoms with Crippen LogP contribution in [0.2, 0.25) is 5.02 Å². The van der Waals surface area contributed by atoms with Crippen LogP contribution < -0.4 is 29.0 Å². The molecule has 1 N–H and O–H groups in total. The van der Waals surface area contributed by atoms with Crippen molar-refractivity contribution in [3.8, 4) is 28.7 Å². The van der Waals surface area contributed by atoms with Crippen molar-refractivity contribution < 1.29 is 23.7 Å². The molecule has 0 saturated heterocycles. The average Bonchev–Trinajstić information content (AvgIpc) is 2.77. The second-order valence-corrected chi connectivity index (χ2v) is 7.19. The van der Waals surface area contributed by atoms with Crippen molar-refractivity contribution in [3.05, 3.63) is 40.4 Å². The molecule has 0 aliphatic heterocycles. The maximum atomic E-state index is 6.37. The van der Waals surface area contributed by atoms with E-state index in [4.69, 9.17) is 35.3 Å². The van der Waals surface area contributed by atoms with E-state index in [0.29, 0.717) is 53.5 Å². The van der Waals surface area contributed by atoms with Gasteiger partial charge < -0.3 is 29.0 Å². The lowest BCUT2D eigenvalue weighted by molar-refractivity contribution is 0.268. The molecule has 0 radical (unpaired) electrons. The number of halogens is 1. The topological polar surface area (TPSA) is 58.2 Å². The molecule has 0 atom stereocenters. The normalized spacial score (nSPS) is 10.6. The molecule has 0 saturated carbocycles. The first kappa shape index (κ1) is 24.0. The molecule has 2 rings (SSSR count). The van der Waals surface area contributed by atoms with Crippen LogP contribution in [0, 0.1) is 0 Å². The Labute approximate surface area is 184 Å². The van der Waals surface area contributed by atoms with Gasteiger partial charge >= 0.3 is 0 Å². The third-order valence-corrected chi connectivity index (χ3v) is 5.06. The Morgan fingerprint density at radius 2 is 1.37 bits per heavy atom. The van der Waals surface area contributed by atoms with Crippen molar-refractivity contribution in [2.45, 2.75) is 39.3 Å². The average molecular weight is 438 g/mol. The molecule has 166 valence electrons. The zero-order chi connectivity index (χ0) is 21.9. The molecule has 0 bridgehead atoms. The maximum Gasteiger partial charge on any atom is 0.203 e. The number of hydrogen-bond acceptors (Lipinski definition) is 6. The lowest BCUT2D eigenvalue weighted by Gasteiger charge is -2.17. The fourth-order valence-electron chi connectivity index (χ4n) is 3.08. The summed E-state index contributed by atoms with van der Waals surface area (Å²) >= 11 is 6.37. The summed E-state index contributed by atoms with van der Waals surface area (Å²) in [6.07, 6.45) is 3.27. The number of unbranched alkanes of at least 4 members (excludes halogenated alkanes) is 2. The number of nitrogens with one attached hydrogen (secondary N) is 1. The van der Waals surface area contributed by atoms with Gasteiger partial charge in [-0.05, 0) is 35.7 Å². The second-order valence-electron chi connectivity index (χ2n) is 6.79. The summed E-state index contributed by atoms with van der Waals surface area (Å²) in [6.45, 7) is 3.97. The zero-order valence-electron chi connectivity index (χ0n) is 18.5. The molecule has 6 nitrogen and oxygen atoms in total. The fourth-order valence-corrected chi connectivity index (χ4v) is 3.30. The molecule has 2 aromatic carbocycles. The van der Waals surface area contributed by atoms with E-state index in [-0.39, 0.29) is 0 Å². The number of rotatable bonds is 13. The minimum Gasteiger partial charge on any atom is -0.493 e. The highest BCUT2D eigenvalue weighted by Crippen LogP contribution is 2.39. The predicted molar refractivity (Wildman–Crippen MR) is 120 cm³/mol. The molecule has 0 aromatic heterocycles. The monoisotopic (exact) mass is 437 g/mol. The summed E-state index contributed by atoms with van der Waals surface area (Å²) < 4.78 is 27.7. The van der Waals surface area contributed by atoms with Crippen LogP contribution in [0.4, 0.5) is 0 Å². The Kier molecular flexibility index (Phi) is 9.91. The second kappa shape index (κ2) is 12.4. The van der Waals surface area contributed by atoms with Crippen molar-refractivity contribution in [3.63, 3.8) is 0 Å². The van der Waals surface area contributed by atoms with Gasteiger partial charge in [-0.2, -0.15) is 0 Å². The van der Waals surface area contributed by atoms with Gasteiger partial charge in [0.05, 0.1) is 35.0 Å². The third-order valence-electron chi connectivity index (χ3n) is 4.71. The number of hydrogen-bond donors (Lipinski definition) is 1. The predicted octanol–water partition coefficient (Wildman–Crippen LogP) is 5.23. The summed E-state index contributed by atoms with van der Waals surface area (Å²) in [5.74, 6) is 3.21. The van der Waals surface area contributed by atoms with E-state index < -0.39 is 0 Å². The highest BCUT2D eigenvalue weighted by atomic mass is 35.5. The maximum absolute atomic E-state index is 6.37. The Balaban J connectivity index is 2.08. The molecule has 0 aliphatic rings. The van der Waals surface area contributed by atoms with Crippen molar-refractivity contribution in [1.82, 2.24) is 5.32 Å². The molecular weight excluding hydrogens is 406 g/mol. The SMILES string of the molecule is CCCCCOc1c(OC)cc(CNCc2cc(OC)c(OC)cc2Cl)cc1OC. The highest BCUT2D eigenvalue weighted by Gasteiger charge is 2.15. The van der Waals surface area contributed by atoms with Crippen molar-refractivity contribution in [1.29, 1.82) is 0 Å². The first-order valence-electron chi connectivity index (χ1n) is 10.1. The molecule has 2 aromatic rings. The molecular formula is C23H32ClNO5. The Hall–Kier alpha value is -2.31. The smallest absolute Gasteiger partial charge is 0.203 e. The lowest BCUT2D eigenvalue weighted by atomic mass is 10.1. The van der Waals surface area contributed by atoms with E-state index in [1.165, 1.54) is 0 Å². The van der Waals surface area contributed by atoms with Gasteiger partial charge in [0.1, 0.15) is 0 Å². The van der Waals surface area contributed by atoms with Crippen LogP contribution >= 0.6 is 11.6 Å². The number of benzene rings is 2. The molecule has 0 aliphatic carbocycles. The van der Waals surface area contributed by atoms with E-state index in [1.807, 2.05) is 18.2 Å². The first-order valence-corrected chi connectivity index (χ1v) is 10.4. The minimum absolute atomic E-state index is 0.569. The molecule has 0 amide bonds. The largest absolute Gasteiger partial charge is 0.493 e. The van der Waals surface area contributed by atoms with Gasteiger partial charge in [0.25, 0.3) is 0 Å². The van der Waals surface area contributed by atoms with Gasteiger partial charge in [-0.25, -0.2) is 0 Å². The van der Waals surface area contributed by atoms with Crippen LogP contribution in [-0.4, -0.2) is 35.0 Å². The molecule has 30 heavy (non-hydrogen) atoms. The van der Waals surface area contributed by atoms with Crippen molar-refractivity contribution in [2.24, 2.45) is 0 Å². The summed E-state index contributed by atoms with van der Waals surface area (Å²) in [4.78, 5) is 0. The van der Waals surface area contributed by atoms with Gasteiger partial charge in [-0.1, -0.05) is 31.4 Å². The van der Waals surface area contributed by atoms with Crippen LogP contribution in [0.3, 0.4) is 0 Å². The van der Waals surface area contributed by atoms with Crippen LogP contribution in [0.1, 0.15) is 37.3 Å². The van der Waals surface area contributed by atoms with Gasteiger partial charge in [-0.3, -0.25) is 0 Å². The zero-order valence-corrected chi connectivity index (χ0v) is 19.2. The fraction of sp³-hybridized carbons (Fsp3) is 0.478. The third kappa shape index (κ3) is 6.34. The Morgan fingerprint density at radius 3 is 1.93 bits per heavy atom. The summed E-state index contributed by atoms with van der Waals surface area (Å²) in [7, 11) is 6.46. The summed E-state index contributed by atoms with van der Waals surface area (Å²) in [5.41, 5.74) is 1.94.